The van der Waals surface area contributed by atoms with Gasteiger partial charge in [0.1, 0.15) is 5.76 Å². The normalized spacial score (nSPS) is 25.3. The average molecular weight is 339 g/mol. The van der Waals surface area contributed by atoms with Crippen LogP contribution in [0.1, 0.15) is 38.4 Å². The van der Waals surface area contributed by atoms with Crippen molar-refractivity contribution >= 4 is 28.2 Å². The first kappa shape index (κ1) is 15.8. The van der Waals surface area contributed by atoms with Gasteiger partial charge in [0, 0.05) is 5.75 Å². The highest BCUT2D eigenvalue weighted by Gasteiger charge is 2.32. The molecule has 1 aliphatic rings. The van der Waals surface area contributed by atoms with E-state index in [1.807, 2.05) is 12.1 Å². The maximum atomic E-state index is 10.6. The van der Waals surface area contributed by atoms with E-state index in [-0.39, 0.29) is 0 Å². The lowest BCUT2D eigenvalue weighted by Crippen LogP contribution is -2.36. The highest BCUT2D eigenvalue weighted by atomic mass is 32.2. The van der Waals surface area contributed by atoms with Gasteiger partial charge in [0.2, 0.25) is 5.13 Å². The fraction of sp³-hybridized carbons (Fsp3) is 0.600. The monoisotopic (exact) mass is 339 g/mol. The molecule has 0 radical (unpaired) electrons. The van der Waals surface area contributed by atoms with Gasteiger partial charge in [0.25, 0.3) is 0 Å². The van der Waals surface area contributed by atoms with Gasteiger partial charge in [-0.1, -0.05) is 30.0 Å². The minimum Gasteiger partial charge on any atom is -0.467 e. The summed E-state index contributed by atoms with van der Waals surface area (Å²) < 4.78 is 6.16. The number of anilines is 1. The molecule has 0 amide bonds. The first-order valence-electron chi connectivity index (χ1n) is 7.58. The Morgan fingerprint density at radius 3 is 3.00 bits per heavy atom. The molecule has 2 aromatic rings. The standard InChI is InChI=1S/C15H21N3O2S2/c1-11-4-6-15(19,7-5-11)10-21-14-18-17-13(22-14)16-9-12-3-2-8-20-12/h2-3,8,11,19H,4-7,9-10H2,1H3,(H,16,17). The molecular formula is C15H21N3O2S2. The van der Waals surface area contributed by atoms with Crippen LogP contribution in [0.5, 0.6) is 0 Å². The van der Waals surface area contributed by atoms with Crippen molar-refractivity contribution in [2.75, 3.05) is 11.1 Å². The van der Waals surface area contributed by atoms with Gasteiger partial charge in [0.05, 0.1) is 18.4 Å². The van der Waals surface area contributed by atoms with Crippen LogP contribution < -0.4 is 5.32 Å². The van der Waals surface area contributed by atoms with Crippen LogP contribution in [0, 0.1) is 5.92 Å². The molecule has 1 fully saturated rings. The SMILES string of the molecule is CC1CCC(O)(CSc2nnc(NCc3ccco3)s2)CC1. The second-order valence-corrected chi connectivity index (χ2v) is 8.20. The summed E-state index contributed by atoms with van der Waals surface area (Å²) in [5, 5.41) is 22.9. The van der Waals surface area contributed by atoms with Gasteiger partial charge in [-0.2, -0.15) is 0 Å². The van der Waals surface area contributed by atoms with E-state index in [0.29, 0.717) is 12.3 Å². The van der Waals surface area contributed by atoms with Gasteiger partial charge >= 0.3 is 0 Å². The number of hydrogen-bond donors (Lipinski definition) is 2. The van der Waals surface area contributed by atoms with E-state index < -0.39 is 5.60 Å². The average Bonchev–Trinajstić information content (AvgIpc) is 3.18. The molecule has 2 N–H and O–H groups in total. The summed E-state index contributed by atoms with van der Waals surface area (Å²) in [5.41, 5.74) is -0.537. The van der Waals surface area contributed by atoms with Crippen molar-refractivity contribution in [1.29, 1.82) is 0 Å². The van der Waals surface area contributed by atoms with E-state index >= 15 is 0 Å². The van der Waals surface area contributed by atoms with Crippen LogP contribution >= 0.6 is 23.1 Å². The van der Waals surface area contributed by atoms with Crippen LogP contribution in [0.15, 0.2) is 27.2 Å². The molecule has 0 atom stereocenters. The van der Waals surface area contributed by atoms with Crippen molar-refractivity contribution < 1.29 is 9.52 Å². The Labute approximate surface area is 138 Å². The molecule has 0 spiro atoms. The zero-order chi connectivity index (χ0) is 15.4. The van der Waals surface area contributed by atoms with E-state index in [1.54, 1.807) is 18.0 Å². The van der Waals surface area contributed by atoms with Crippen molar-refractivity contribution in [2.24, 2.45) is 5.92 Å². The summed E-state index contributed by atoms with van der Waals surface area (Å²) in [7, 11) is 0. The van der Waals surface area contributed by atoms with Gasteiger partial charge in [0.15, 0.2) is 4.34 Å². The molecule has 3 rings (SSSR count). The van der Waals surface area contributed by atoms with E-state index in [4.69, 9.17) is 4.42 Å². The predicted molar refractivity (Wildman–Crippen MR) is 89.2 cm³/mol. The number of aromatic nitrogens is 2. The third-order valence-electron chi connectivity index (χ3n) is 4.07. The van der Waals surface area contributed by atoms with Crippen LogP contribution in [-0.4, -0.2) is 26.7 Å². The summed E-state index contributed by atoms with van der Waals surface area (Å²) in [4.78, 5) is 0. The second kappa shape index (κ2) is 7.02. The Morgan fingerprint density at radius 1 is 1.45 bits per heavy atom. The van der Waals surface area contributed by atoms with Crippen molar-refractivity contribution in [3.63, 3.8) is 0 Å². The topological polar surface area (TPSA) is 71.2 Å². The lowest BCUT2D eigenvalue weighted by molar-refractivity contribution is 0.0150. The lowest BCUT2D eigenvalue weighted by atomic mass is 9.81. The van der Waals surface area contributed by atoms with E-state index in [2.05, 4.69) is 22.4 Å². The van der Waals surface area contributed by atoms with Crippen LogP contribution in [0.4, 0.5) is 5.13 Å². The van der Waals surface area contributed by atoms with Gasteiger partial charge < -0.3 is 14.8 Å². The Bertz CT molecular complexity index is 577. The molecule has 1 saturated carbocycles. The predicted octanol–water partition coefficient (Wildman–Crippen LogP) is 3.78. The van der Waals surface area contributed by atoms with Gasteiger partial charge in [-0.15, -0.1) is 10.2 Å². The number of aliphatic hydroxyl groups is 1. The second-order valence-electron chi connectivity index (χ2n) is 6.00. The van der Waals surface area contributed by atoms with Gasteiger partial charge in [-0.25, -0.2) is 0 Å². The molecule has 7 heteroatoms. The largest absolute Gasteiger partial charge is 0.467 e. The van der Waals surface area contributed by atoms with Crippen molar-refractivity contribution in [1.82, 2.24) is 10.2 Å². The molecule has 5 nitrogen and oxygen atoms in total. The fourth-order valence-corrected chi connectivity index (χ4v) is 4.46. The molecule has 2 aromatic heterocycles. The Kier molecular flexibility index (Phi) is 5.05. The third kappa shape index (κ3) is 4.24. The summed E-state index contributed by atoms with van der Waals surface area (Å²) in [6, 6.07) is 3.79. The molecule has 1 aliphatic carbocycles. The summed E-state index contributed by atoms with van der Waals surface area (Å²) in [5.74, 6) is 2.31. The smallest absolute Gasteiger partial charge is 0.206 e. The number of furan rings is 1. The number of thioether (sulfide) groups is 1. The summed E-state index contributed by atoms with van der Waals surface area (Å²) in [6.07, 6.45) is 5.67. The highest BCUT2D eigenvalue weighted by Crippen LogP contribution is 2.37. The molecular weight excluding hydrogens is 318 g/mol. The number of hydrogen-bond acceptors (Lipinski definition) is 7. The molecule has 0 aliphatic heterocycles. The number of nitrogens with zero attached hydrogens (tertiary/aromatic N) is 2. The van der Waals surface area contributed by atoms with Crippen molar-refractivity contribution in [3.8, 4) is 0 Å². The quantitative estimate of drug-likeness (QED) is 0.781. The van der Waals surface area contributed by atoms with Crippen LogP contribution in [0.25, 0.3) is 0 Å². The maximum absolute atomic E-state index is 10.6. The first-order valence-corrected chi connectivity index (χ1v) is 9.38. The fourth-order valence-electron chi connectivity index (χ4n) is 2.56. The van der Waals surface area contributed by atoms with Crippen molar-refractivity contribution in [2.45, 2.75) is 49.1 Å². The van der Waals surface area contributed by atoms with Crippen LogP contribution in [0.3, 0.4) is 0 Å². The van der Waals surface area contributed by atoms with Gasteiger partial charge in [-0.05, 0) is 43.7 Å². The van der Waals surface area contributed by atoms with Crippen LogP contribution in [0.2, 0.25) is 0 Å². The molecule has 22 heavy (non-hydrogen) atoms. The Morgan fingerprint density at radius 2 is 2.27 bits per heavy atom. The number of nitrogens with one attached hydrogen (secondary N) is 1. The van der Waals surface area contributed by atoms with Crippen LogP contribution in [-0.2, 0) is 6.54 Å². The third-order valence-corrected chi connectivity index (χ3v) is 6.36. The summed E-state index contributed by atoms with van der Waals surface area (Å²) in [6.45, 7) is 2.86. The van der Waals surface area contributed by atoms with Gasteiger partial charge in [-0.3, -0.25) is 0 Å². The number of rotatable bonds is 6. The van der Waals surface area contributed by atoms with E-state index in [9.17, 15) is 5.11 Å². The zero-order valence-corrected chi connectivity index (χ0v) is 14.3. The maximum Gasteiger partial charge on any atom is 0.206 e. The minimum atomic E-state index is -0.537. The highest BCUT2D eigenvalue weighted by molar-refractivity contribution is 8.01. The molecule has 2 heterocycles. The minimum absolute atomic E-state index is 0.537. The Hall–Kier alpha value is -1.05. The molecule has 0 saturated heterocycles. The van der Waals surface area contributed by atoms with E-state index in [1.165, 1.54) is 11.3 Å². The molecule has 0 aromatic carbocycles. The zero-order valence-electron chi connectivity index (χ0n) is 12.6. The Balaban J connectivity index is 1.47. The molecule has 0 unspecified atom stereocenters. The lowest BCUT2D eigenvalue weighted by Gasteiger charge is -2.34. The molecule has 0 bridgehead atoms. The van der Waals surface area contributed by atoms with Crippen molar-refractivity contribution in [3.05, 3.63) is 24.2 Å². The molecule has 120 valence electrons. The summed E-state index contributed by atoms with van der Waals surface area (Å²) >= 11 is 3.12. The van der Waals surface area contributed by atoms with E-state index in [0.717, 1.165) is 46.8 Å². The first-order chi connectivity index (χ1) is 10.6.